The number of sulfonamides is 1. The normalized spacial score (nSPS) is 12.2. The van der Waals surface area contributed by atoms with Crippen molar-refractivity contribution in [2.75, 3.05) is 23.7 Å². The van der Waals surface area contributed by atoms with E-state index in [-0.39, 0.29) is 24.8 Å². The predicted octanol–water partition coefficient (Wildman–Crippen LogP) is 5.48. The van der Waals surface area contributed by atoms with E-state index in [1.54, 1.807) is 42.5 Å². The Kier molecular flexibility index (Phi) is 11.0. The number of carbonyl (C=O) groups excluding carboxylic acids is 2. The summed E-state index contributed by atoms with van der Waals surface area (Å²) in [6.07, 6.45) is 1.29. The molecule has 1 N–H and O–H groups in total. The van der Waals surface area contributed by atoms with Gasteiger partial charge in [0, 0.05) is 19.5 Å². The van der Waals surface area contributed by atoms with Crippen molar-refractivity contribution in [2.45, 2.75) is 39.8 Å². The minimum absolute atomic E-state index is 0.0216. The molecule has 0 radical (unpaired) electrons. The SMILES string of the molecule is Cc1ccc(N(CC(=O)N(Cc2ccc(Cl)c(Cl)c2)[C@@H](Cc2ccccc2)C(=O)NCC(C)C)S(C)(=O)=O)cc1. The molecule has 0 saturated heterocycles. The van der Waals surface area contributed by atoms with Crippen molar-refractivity contribution in [1.29, 1.82) is 0 Å². The minimum Gasteiger partial charge on any atom is -0.354 e. The van der Waals surface area contributed by atoms with Crippen LogP contribution in [0.15, 0.2) is 72.8 Å². The molecule has 0 saturated carbocycles. The summed E-state index contributed by atoms with van der Waals surface area (Å²) in [7, 11) is -3.82. The van der Waals surface area contributed by atoms with Gasteiger partial charge in [-0.25, -0.2) is 8.42 Å². The number of amides is 2. The average molecular weight is 605 g/mol. The van der Waals surface area contributed by atoms with Gasteiger partial charge in [0.2, 0.25) is 21.8 Å². The maximum absolute atomic E-state index is 14.1. The standard InChI is InChI=1S/C30H35Cl2N3O4S/c1-21(2)18-33-30(37)28(17-23-8-6-5-7-9-23)34(19-24-12-15-26(31)27(32)16-24)29(36)20-35(40(4,38)39)25-13-10-22(3)11-14-25/h5-16,21,28H,17-20H2,1-4H3,(H,33,37)/t28-/m0/s1. The lowest BCUT2D eigenvalue weighted by Gasteiger charge is -2.33. The molecule has 0 aliphatic heterocycles. The average Bonchev–Trinajstić information content (AvgIpc) is 2.90. The molecule has 3 rings (SSSR count). The summed E-state index contributed by atoms with van der Waals surface area (Å²) in [4.78, 5) is 29.1. The highest BCUT2D eigenvalue weighted by Gasteiger charge is 2.33. The van der Waals surface area contributed by atoms with E-state index < -0.39 is 28.5 Å². The lowest BCUT2D eigenvalue weighted by atomic mass is 10.0. The van der Waals surface area contributed by atoms with Crippen molar-refractivity contribution in [1.82, 2.24) is 10.2 Å². The summed E-state index contributed by atoms with van der Waals surface area (Å²) in [5.41, 5.74) is 2.82. The Bertz CT molecular complexity index is 1410. The summed E-state index contributed by atoms with van der Waals surface area (Å²) in [5, 5.41) is 3.63. The van der Waals surface area contributed by atoms with Gasteiger partial charge in [-0.1, -0.05) is 91.1 Å². The zero-order valence-electron chi connectivity index (χ0n) is 23.1. The number of nitrogens with zero attached hydrogens (tertiary/aromatic N) is 2. The first-order chi connectivity index (χ1) is 18.8. The van der Waals surface area contributed by atoms with E-state index >= 15 is 0 Å². The molecule has 1 atom stereocenters. The molecule has 0 spiro atoms. The number of anilines is 1. The van der Waals surface area contributed by atoms with Crippen LogP contribution in [0.5, 0.6) is 0 Å². The third-order valence-electron chi connectivity index (χ3n) is 6.29. The second-order valence-corrected chi connectivity index (χ2v) is 12.9. The van der Waals surface area contributed by atoms with Crippen molar-refractivity contribution < 1.29 is 18.0 Å². The number of nitrogens with one attached hydrogen (secondary N) is 1. The van der Waals surface area contributed by atoms with E-state index in [1.165, 1.54) is 4.90 Å². The zero-order chi connectivity index (χ0) is 29.4. The van der Waals surface area contributed by atoms with Gasteiger partial charge in [-0.05, 0) is 48.2 Å². The fraction of sp³-hybridized carbons (Fsp3) is 0.333. The molecular weight excluding hydrogens is 569 g/mol. The van der Waals surface area contributed by atoms with Gasteiger partial charge in [0.15, 0.2) is 0 Å². The van der Waals surface area contributed by atoms with Gasteiger partial charge in [-0.2, -0.15) is 0 Å². The van der Waals surface area contributed by atoms with Gasteiger partial charge in [-0.15, -0.1) is 0 Å². The Hall–Kier alpha value is -3.07. The summed E-state index contributed by atoms with van der Waals surface area (Å²) in [5.74, 6) is -0.660. The summed E-state index contributed by atoms with van der Waals surface area (Å²) in [6.45, 7) is 5.83. The number of benzene rings is 3. The van der Waals surface area contributed by atoms with E-state index in [1.807, 2.05) is 51.1 Å². The Morgan fingerprint density at radius 2 is 1.55 bits per heavy atom. The van der Waals surface area contributed by atoms with Gasteiger partial charge in [-0.3, -0.25) is 13.9 Å². The van der Waals surface area contributed by atoms with Crippen LogP contribution >= 0.6 is 23.2 Å². The van der Waals surface area contributed by atoms with Crippen molar-refractivity contribution in [3.63, 3.8) is 0 Å². The maximum atomic E-state index is 14.1. The molecule has 2 amide bonds. The highest BCUT2D eigenvalue weighted by Crippen LogP contribution is 2.25. The molecule has 0 fully saturated rings. The molecule has 0 aliphatic carbocycles. The molecule has 10 heteroatoms. The van der Waals surface area contributed by atoms with Crippen molar-refractivity contribution in [3.8, 4) is 0 Å². The first-order valence-electron chi connectivity index (χ1n) is 12.9. The van der Waals surface area contributed by atoms with Crippen LogP contribution in [-0.4, -0.2) is 50.5 Å². The highest BCUT2D eigenvalue weighted by molar-refractivity contribution is 7.92. The molecule has 214 valence electrons. The Balaban J connectivity index is 2.06. The molecule has 3 aromatic carbocycles. The van der Waals surface area contributed by atoms with Crippen molar-refractivity contribution >= 4 is 50.7 Å². The minimum atomic E-state index is -3.82. The third kappa shape index (κ3) is 8.98. The van der Waals surface area contributed by atoms with Crippen LogP contribution in [-0.2, 0) is 32.6 Å². The first kappa shape index (κ1) is 31.5. The van der Waals surface area contributed by atoms with E-state index in [2.05, 4.69) is 5.32 Å². The lowest BCUT2D eigenvalue weighted by Crippen LogP contribution is -2.53. The van der Waals surface area contributed by atoms with Crippen molar-refractivity contribution in [3.05, 3.63) is 99.5 Å². The van der Waals surface area contributed by atoms with E-state index in [9.17, 15) is 18.0 Å². The first-order valence-corrected chi connectivity index (χ1v) is 15.5. The quantitative estimate of drug-likeness (QED) is 0.297. The molecular formula is C30H35Cl2N3O4S. The second kappa shape index (κ2) is 14.0. The summed E-state index contributed by atoms with van der Waals surface area (Å²) in [6, 6.07) is 20.3. The Morgan fingerprint density at radius 1 is 0.900 bits per heavy atom. The largest absolute Gasteiger partial charge is 0.354 e. The molecule has 0 unspecified atom stereocenters. The molecule has 3 aromatic rings. The highest BCUT2D eigenvalue weighted by atomic mass is 35.5. The van der Waals surface area contributed by atoms with E-state index in [0.29, 0.717) is 27.8 Å². The number of halogens is 2. The molecule has 0 bridgehead atoms. The number of carbonyl (C=O) groups is 2. The van der Waals surface area contributed by atoms with Gasteiger partial charge >= 0.3 is 0 Å². The van der Waals surface area contributed by atoms with Crippen LogP contribution in [0.2, 0.25) is 10.0 Å². The smallest absolute Gasteiger partial charge is 0.244 e. The number of rotatable bonds is 12. The van der Waals surface area contributed by atoms with Gasteiger partial charge in [0.25, 0.3) is 0 Å². The molecule has 0 heterocycles. The summed E-state index contributed by atoms with van der Waals surface area (Å²) >= 11 is 12.4. The Morgan fingerprint density at radius 3 is 2.12 bits per heavy atom. The maximum Gasteiger partial charge on any atom is 0.244 e. The van der Waals surface area contributed by atoms with Crippen LogP contribution in [0, 0.1) is 12.8 Å². The number of aryl methyl sites for hydroxylation is 1. The number of hydrogen-bond donors (Lipinski definition) is 1. The molecule has 7 nitrogen and oxygen atoms in total. The van der Waals surface area contributed by atoms with E-state index in [4.69, 9.17) is 23.2 Å². The van der Waals surface area contributed by atoms with E-state index in [0.717, 1.165) is 21.7 Å². The third-order valence-corrected chi connectivity index (χ3v) is 8.17. The van der Waals surface area contributed by atoms with Gasteiger partial charge < -0.3 is 10.2 Å². The van der Waals surface area contributed by atoms with Crippen LogP contribution in [0.4, 0.5) is 5.69 Å². The van der Waals surface area contributed by atoms with Crippen molar-refractivity contribution in [2.24, 2.45) is 5.92 Å². The van der Waals surface area contributed by atoms with Crippen LogP contribution < -0.4 is 9.62 Å². The predicted molar refractivity (Wildman–Crippen MR) is 162 cm³/mol. The molecule has 0 aliphatic rings. The Labute approximate surface area is 247 Å². The van der Waals surface area contributed by atoms with Crippen LogP contribution in [0.3, 0.4) is 0 Å². The van der Waals surface area contributed by atoms with Crippen LogP contribution in [0.25, 0.3) is 0 Å². The fourth-order valence-corrected chi connectivity index (χ4v) is 5.31. The van der Waals surface area contributed by atoms with Crippen LogP contribution in [0.1, 0.15) is 30.5 Å². The zero-order valence-corrected chi connectivity index (χ0v) is 25.4. The summed E-state index contributed by atoms with van der Waals surface area (Å²) < 4.78 is 26.7. The topological polar surface area (TPSA) is 86.8 Å². The van der Waals surface area contributed by atoms with Gasteiger partial charge in [0.1, 0.15) is 12.6 Å². The molecule has 40 heavy (non-hydrogen) atoms. The lowest BCUT2D eigenvalue weighted by molar-refractivity contribution is -0.140. The number of hydrogen-bond acceptors (Lipinski definition) is 4. The van der Waals surface area contributed by atoms with Gasteiger partial charge in [0.05, 0.1) is 22.0 Å². The second-order valence-electron chi connectivity index (χ2n) is 10.2. The monoisotopic (exact) mass is 603 g/mol. The fourth-order valence-electron chi connectivity index (χ4n) is 4.14. The molecule has 0 aromatic heterocycles.